The number of benzene rings is 2. The van der Waals surface area contributed by atoms with Crippen LogP contribution in [-0.2, 0) is 13.0 Å². The lowest BCUT2D eigenvalue weighted by atomic mass is 10.2. The fourth-order valence-electron chi connectivity index (χ4n) is 3.28. The Balaban J connectivity index is 1.30. The van der Waals surface area contributed by atoms with E-state index in [0.717, 1.165) is 39.1 Å². The lowest BCUT2D eigenvalue weighted by Gasteiger charge is -2.34. The lowest BCUT2D eigenvalue weighted by molar-refractivity contribution is 0.122. The first-order valence-corrected chi connectivity index (χ1v) is 10.1. The molecule has 2 amide bonds. The molecule has 1 aliphatic heterocycles. The van der Waals surface area contributed by atoms with Crippen LogP contribution in [0.15, 0.2) is 65.7 Å². The van der Waals surface area contributed by atoms with Crippen LogP contribution in [0.5, 0.6) is 0 Å². The minimum atomic E-state index is -0.322. The maximum absolute atomic E-state index is 12.0. The second-order valence-electron chi connectivity index (χ2n) is 7.17. The van der Waals surface area contributed by atoms with Gasteiger partial charge in [-0.3, -0.25) is 20.1 Å². The maximum atomic E-state index is 12.0. The molecule has 0 spiro atoms. The van der Waals surface area contributed by atoms with Gasteiger partial charge in [0.2, 0.25) is 0 Å². The van der Waals surface area contributed by atoms with Gasteiger partial charge in [-0.1, -0.05) is 60.7 Å². The highest BCUT2D eigenvalue weighted by Gasteiger charge is 2.17. The van der Waals surface area contributed by atoms with Gasteiger partial charge in [-0.25, -0.2) is 4.79 Å². The quantitative estimate of drug-likeness (QED) is 0.492. The molecule has 2 aromatic rings. The number of nitrogens with two attached hydrogens (primary N) is 1. The van der Waals surface area contributed by atoms with Crippen LogP contribution >= 0.6 is 0 Å². The third-order valence-corrected chi connectivity index (χ3v) is 4.94. The Kier molecular flexibility index (Phi) is 8.03. The Morgan fingerprint density at radius 3 is 2.14 bits per heavy atom. The van der Waals surface area contributed by atoms with Crippen molar-refractivity contribution in [2.45, 2.75) is 13.0 Å². The molecule has 29 heavy (non-hydrogen) atoms. The fourth-order valence-corrected chi connectivity index (χ4v) is 3.28. The summed E-state index contributed by atoms with van der Waals surface area (Å²) in [6, 6.07) is 20.2. The molecule has 2 aromatic carbocycles. The van der Waals surface area contributed by atoms with E-state index in [2.05, 4.69) is 49.7 Å². The van der Waals surface area contributed by atoms with Gasteiger partial charge >= 0.3 is 6.03 Å². The summed E-state index contributed by atoms with van der Waals surface area (Å²) < 4.78 is 0. The number of hydrogen-bond donors (Lipinski definition) is 3. The predicted octanol–water partition coefficient (Wildman–Crippen LogP) is 1.62. The van der Waals surface area contributed by atoms with Crippen LogP contribution < -0.4 is 16.4 Å². The highest BCUT2D eigenvalue weighted by Crippen LogP contribution is 2.07. The molecule has 1 saturated heterocycles. The lowest BCUT2D eigenvalue weighted by Crippen LogP contribution is -2.52. The Morgan fingerprint density at radius 1 is 0.897 bits per heavy atom. The summed E-state index contributed by atoms with van der Waals surface area (Å²) >= 11 is 0. The van der Waals surface area contributed by atoms with Crippen LogP contribution in [-0.4, -0.2) is 61.2 Å². The second kappa shape index (κ2) is 11.2. The fraction of sp³-hybridized carbons (Fsp3) is 0.364. The molecular weight excluding hydrogens is 364 g/mol. The largest absolute Gasteiger partial charge is 0.370 e. The smallest absolute Gasteiger partial charge is 0.322 e. The molecule has 0 saturated carbocycles. The Labute approximate surface area is 172 Å². The monoisotopic (exact) mass is 394 g/mol. The highest BCUT2D eigenvalue weighted by molar-refractivity contribution is 5.95. The van der Waals surface area contributed by atoms with Gasteiger partial charge in [0.1, 0.15) is 0 Å². The molecule has 1 fully saturated rings. The standard InChI is InChI=1S/C22H30N6O/c23-21(24-12-11-19-7-3-1-4-8-19)26-22(29)25-18-28-15-13-27(14-16-28)17-20-9-5-2-6-10-20/h1-10H,11-18H2,(H4,23,24,25,26,29). The van der Waals surface area contributed by atoms with Crippen LogP contribution in [0.25, 0.3) is 0 Å². The van der Waals surface area contributed by atoms with Gasteiger partial charge in [0.25, 0.3) is 0 Å². The van der Waals surface area contributed by atoms with E-state index in [-0.39, 0.29) is 12.0 Å². The van der Waals surface area contributed by atoms with Crippen molar-refractivity contribution in [3.05, 3.63) is 71.8 Å². The molecule has 3 rings (SSSR count). The van der Waals surface area contributed by atoms with E-state index in [1.165, 1.54) is 11.1 Å². The van der Waals surface area contributed by atoms with Crippen molar-refractivity contribution < 1.29 is 4.79 Å². The van der Waals surface area contributed by atoms with Crippen LogP contribution in [0.2, 0.25) is 0 Å². The minimum absolute atomic E-state index is 0.145. The van der Waals surface area contributed by atoms with Crippen molar-refractivity contribution in [1.29, 1.82) is 0 Å². The van der Waals surface area contributed by atoms with Gasteiger partial charge in [-0.15, -0.1) is 0 Å². The molecule has 7 nitrogen and oxygen atoms in total. The second-order valence-corrected chi connectivity index (χ2v) is 7.17. The van der Waals surface area contributed by atoms with E-state index in [9.17, 15) is 4.79 Å². The third-order valence-electron chi connectivity index (χ3n) is 4.94. The van der Waals surface area contributed by atoms with E-state index in [1.54, 1.807) is 0 Å². The van der Waals surface area contributed by atoms with Crippen LogP contribution in [0, 0.1) is 0 Å². The first-order valence-electron chi connectivity index (χ1n) is 10.1. The minimum Gasteiger partial charge on any atom is -0.370 e. The van der Waals surface area contributed by atoms with Gasteiger partial charge < -0.3 is 11.1 Å². The van der Waals surface area contributed by atoms with Crippen molar-refractivity contribution in [3.8, 4) is 0 Å². The number of aliphatic imine (C=N–C) groups is 1. The summed E-state index contributed by atoms with van der Waals surface area (Å²) in [5.74, 6) is 0.145. The molecule has 0 unspecified atom stereocenters. The summed E-state index contributed by atoms with van der Waals surface area (Å²) in [7, 11) is 0. The predicted molar refractivity (Wildman–Crippen MR) is 116 cm³/mol. The Bertz CT molecular complexity index is 772. The molecule has 1 aliphatic rings. The Morgan fingerprint density at radius 2 is 1.48 bits per heavy atom. The zero-order valence-corrected chi connectivity index (χ0v) is 16.8. The maximum Gasteiger partial charge on any atom is 0.322 e. The number of carbonyl (C=O) groups excluding carboxylic acids is 1. The van der Waals surface area contributed by atoms with E-state index in [4.69, 9.17) is 5.73 Å². The van der Waals surface area contributed by atoms with E-state index in [0.29, 0.717) is 13.2 Å². The summed E-state index contributed by atoms with van der Waals surface area (Å²) in [6.07, 6.45) is 0.790. The molecule has 1 heterocycles. The van der Waals surface area contributed by atoms with Crippen molar-refractivity contribution in [3.63, 3.8) is 0 Å². The summed E-state index contributed by atoms with van der Waals surface area (Å²) in [5.41, 5.74) is 8.32. The number of carbonyl (C=O) groups is 1. The van der Waals surface area contributed by atoms with Gasteiger partial charge in [-0.2, -0.15) is 0 Å². The molecule has 0 aromatic heterocycles. The number of amides is 2. The highest BCUT2D eigenvalue weighted by atomic mass is 16.2. The van der Waals surface area contributed by atoms with Gasteiger partial charge in [-0.05, 0) is 17.5 Å². The number of urea groups is 1. The number of guanidine groups is 1. The number of nitrogens with zero attached hydrogens (tertiary/aromatic N) is 3. The van der Waals surface area contributed by atoms with Crippen LogP contribution in [0.1, 0.15) is 11.1 Å². The number of rotatable bonds is 7. The first kappa shape index (κ1) is 20.8. The number of hydrogen-bond acceptors (Lipinski definition) is 4. The third kappa shape index (κ3) is 7.56. The van der Waals surface area contributed by atoms with Crippen molar-refractivity contribution >= 4 is 12.0 Å². The van der Waals surface area contributed by atoms with E-state index < -0.39 is 0 Å². The molecule has 7 heteroatoms. The molecule has 0 radical (unpaired) electrons. The molecule has 4 N–H and O–H groups in total. The molecular formula is C22H30N6O. The topological polar surface area (TPSA) is 86.0 Å². The summed E-state index contributed by atoms with van der Waals surface area (Å²) in [5, 5.41) is 5.44. The van der Waals surface area contributed by atoms with Crippen molar-refractivity contribution in [1.82, 2.24) is 20.4 Å². The van der Waals surface area contributed by atoms with Crippen molar-refractivity contribution in [2.75, 3.05) is 39.4 Å². The number of nitrogens with one attached hydrogen (secondary N) is 2. The van der Waals surface area contributed by atoms with E-state index in [1.807, 2.05) is 36.4 Å². The van der Waals surface area contributed by atoms with Gasteiger partial charge in [0, 0.05) is 39.3 Å². The normalized spacial score (nSPS) is 15.8. The zero-order valence-electron chi connectivity index (χ0n) is 16.8. The molecule has 0 bridgehead atoms. The van der Waals surface area contributed by atoms with Crippen LogP contribution in [0.4, 0.5) is 4.79 Å². The Hall–Kier alpha value is -2.90. The average Bonchev–Trinajstić information content (AvgIpc) is 2.75. The molecule has 154 valence electrons. The van der Waals surface area contributed by atoms with Crippen molar-refractivity contribution in [2.24, 2.45) is 10.7 Å². The first-order chi connectivity index (χ1) is 14.2. The zero-order chi connectivity index (χ0) is 20.3. The van der Waals surface area contributed by atoms with E-state index >= 15 is 0 Å². The number of piperazine rings is 1. The van der Waals surface area contributed by atoms with Gasteiger partial charge in [0.05, 0.1) is 6.67 Å². The SMILES string of the molecule is NC(=NCCc1ccccc1)NC(=O)NCN1CCN(Cc2ccccc2)CC1. The average molecular weight is 395 g/mol. The molecule has 0 aliphatic carbocycles. The summed E-state index contributed by atoms with van der Waals surface area (Å²) in [4.78, 5) is 20.9. The van der Waals surface area contributed by atoms with Gasteiger partial charge in [0.15, 0.2) is 5.96 Å². The van der Waals surface area contributed by atoms with Crippen LogP contribution in [0.3, 0.4) is 0 Å². The summed E-state index contributed by atoms with van der Waals surface area (Å²) in [6.45, 7) is 5.84. The molecule has 0 atom stereocenters.